The van der Waals surface area contributed by atoms with E-state index in [1.54, 1.807) is 11.3 Å². The summed E-state index contributed by atoms with van der Waals surface area (Å²) in [6.45, 7) is 6.54. The van der Waals surface area contributed by atoms with Crippen molar-refractivity contribution in [2.75, 3.05) is 13.1 Å². The molecular formula is C15H19ClIN3S. The minimum atomic E-state index is 0.698. The van der Waals surface area contributed by atoms with E-state index in [0.717, 1.165) is 50.1 Å². The Bertz CT molecular complexity index is 586. The van der Waals surface area contributed by atoms with Crippen LogP contribution in [0.5, 0.6) is 0 Å². The third-order valence-electron chi connectivity index (χ3n) is 2.93. The van der Waals surface area contributed by atoms with E-state index >= 15 is 0 Å². The number of nitrogens with one attached hydrogen (secondary N) is 1. The van der Waals surface area contributed by atoms with Crippen LogP contribution in [0.15, 0.2) is 18.2 Å². The van der Waals surface area contributed by atoms with Gasteiger partial charge in [-0.25, -0.2) is 0 Å². The van der Waals surface area contributed by atoms with E-state index < -0.39 is 0 Å². The van der Waals surface area contributed by atoms with Crippen LogP contribution in [0.4, 0.5) is 0 Å². The lowest BCUT2D eigenvalue weighted by Crippen LogP contribution is -2.21. The van der Waals surface area contributed by atoms with E-state index in [-0.39, 0.29) is 0 Å². The summed E-state index contributed by atoms with van der Waals surface area (Å²) in [6, 6.07) is 6.01. The molecule has 0 aliphatic rings. The van der Waals surface area contributed by atoms with E-state index in [2.05, 4.69) is 52.0 Å². The molecule has 21 heavy (non-hydrogen) atoms. The fraction of sp³-hybridized carbons (Fsp3) is 0.467. The maximum atomic E-state index is 6.16. The van der Waals surface area contributed by atoms with Crippen molar-refractivity contribution >= 4 is 45.5 Å². The number of hydrogen-bond donors (Lipinski definition) is 1. The van der Waals surface area contributed by atoms with E-state index in [4.69, 9.17) is 11.6 Å². The van der Waals surface area contributed by atoms with Crippen molar-refractivity contribution in [1.82, 2.24) is 15.5 Å². The van der Waals surface area contributed by atoms with Gasteiger partial charge in [0.2, 0.25) is 0 Å². The standard InChI is InChI=1S/C15H19ClIN3S/c1-10(2)9-18-7-3-4-14-19-20-15(21-14)11-5-6-13(17)12(16)8-11/h5-6,8,10,18H,3-4,7,9H2,1-2H3. The highest BCUT2D eigenvalue weighted by atomic mass is 127. The molecule has 0 fully saturated rings. The summed E-state index contributed by atoms with van der Waals surface area (Å²) in [4.78, 5) is 0. The zero-order valence-corrected chi connectivity index (χ0v) is 15.9. The van der Waals surface area contributed by atoms with Crippen LogP contribution in [-0.2, 0) is 6.42 Å². The largest absolute Gasteiger partial charge is 0.316 e. The summed E-state index contributed by atoms with van der Waals surface area (Å²) in [7, 11) is 0. The number of aryl methyl sites for hydroxylation is 1. The van der Waals surface area contributed by atoms with Gasteiger partial charge in [-0.1, -0.05) is 42.9 Å². The average Bonchev–Trinajstić information content (AvgIpc) is 2.90. The lowest BCUT2D eigenvalue weighted by molar-refractivity contribution is 0.542. The molecule has 3 nitrogen and oxygen atoms in total. The molecule has 1 heterocycles. The third kappa shape index (κ3) is 5.47. The second-order valence-corrected chi connectivity index (χ2v) is 7.96. The smallest absolute Gasteiger partial charge is 0.147 e. The maximum Gasteiger partial charge on any atom is 0.147 e. The predicted molar refractivity (Wildman–Crippen MR) is 99.1 cm³/mol. The summed E-state index contributed by atoms with van der Waals surface area (Å²) in [5.74, 6) is 0.698. The molecule has 0 radical (unpaired) electrons. The van der Waals surface area contributed by atoms with Gasteiger partial charge in [0.05, 0.1) is 5.02 Å². The first kappa shape index (κ1) is 17.1. The zero-order valence-electron chi connectivity index (χ0n) is 12.2. The van der Waals surface area contributed by atoms with E-state index in [0.29, 0.717) is 5.92 Å². The van der Waals surface area contributed by atoms with Crippen LogP contribution < -0.4 is 5.32 Å². The van der Waals surface area contributed by atoms with Gasteiger partial charge in [-0.2, -0.15) is 0 Å². The van der Waals surface area contributed by atoms with Gasteiger partial charge in [0.1, 0.15) is 10.0 Å². The molecule has 6 heteroatoms. The fourth-order valence-electron chi connectivity index (χ4n) is 1.86. The molecule has 1 N–H and O–H groups in total. The first-order valence-corrected chi connectivity index (χ1v) is 9.32. The predicted octanol–water partition coefficient (Wildman–Crippen LogP) is 4.64. The first-order valence-electron chi connectivity index (χ1n) is 7.05. The summed E-state index contributed by atoms with van der Waals surface area (Å²) >= 11 is 10.0. The number of nitrogens with zero attached hydrogens (tertiary/aromatic N) is 2. The van der Waals surface area contributed by atoms with Gasteiger partial charge in [-0.3, -0.25) is 0 Å². The van der Waals surface area contributed by atoms with Crippen molar-refractivity contribution in [3.8, 4) is 10.6 Å². The van der Waals surface area contributed by atoms with Gasteiger partial charge in [-0.05, 0) is 60.2 Å². The van der Waals surface area contributed by atoms with Crippen LogP contribution in [0.2, 0.25) is 5.02 Å². The molecule has 0 bridgehead atoms. The molecular weight excluding hydrogens is 417 g/mol. The van der Waals surface area contributed by atoms with E-state index in [1.807, 2.05) is 18.2 Å². The molecule has 114 valence electrons. The molecule has 0 aliphatic carbocycles. The summed E-state index contributed by atoms with van der Waals surface area (Å²) in [5, 5.41) is 14.8. The quantitative estimate of drug-likeness (QED) is 0.508. The summed E-state index contributed by atoms with van der Waals surface area (Å²) in [6.07, 6.45) is 2.07. The van der Waals surface area contributed by atoms with Crippen LogP contribution in [0.25, 0.3) is 10.6 Å². The Balaban J connectivity index is 1.87. The van der Waals surface area contributed by atoms with Crippen LogP contribution in [0, 0.1) is 9.49 Å². The van der Waals surface area contributed by atoms with Crippen molar-refractivity contribution in [2.24, 2.45) is 5.92 Å². The Hall–Kier alpha value is -0.240. The van der Waals surface area contributed by atoms with Crippen LogP contribution in [0.3, 0.4) is 0 Å². The highest BCUT2D eigenvalue weighted by molar-refractivity contribution is 14.1. The van der Waals surface area contributed by atoms with Gasteiger partial charge in [0.15, 0.2) is 0 Å². The first-order chi connectivity index (χ1) is 10.1. The highest BCUT2D eigenvalue weighted by Crippen LogP contribution is 2.28. The van der Waals surface area contributed by atoms with Gasteiger partial charge in [0.25, 0.3) is 0 Å². The van der Waals surface area contributed by atoms with Crippen molar-refractivity contribution < 1.29 is 0 Å². The molecule has 1 aromatic heterocycles. The summed E-state index contributed by atoms with van der Waals surface area (Å²) in [5.41, 5.74) is 1.04. The van der Waals surface area contributed by atoms with Crippen LogP contribution in [-0.4, -0.2) is 23.3 Å². The highest BCUT2D eigenvalue weighted by Gasteiger charge is 2.08. The Morgan fingerprint density at radius 3 is 2.86 bits per heavy atom. The number of rotatable bonds is 7. The SMILES string of the molecule is CC(C)CNCCCc1nnc(-c2ccc(I)c(Cl)c2)s1. The Kier molecular flexibility index (Phi) is 6.85. The molecule has 1 aromatic carbocycles. The maximum absolute atomic E-state index is 6.16. The third-order valence-corrected chi connectivity index (χ3v) is 5.53. The molecule has 0 saturated heterocycles. The molecule has 2 aromatic rings. The Labute approximate surface area is 148 Å². The van der Waals surface area contributed by atoms with E-state index in [1.165, 1.54) is 0 Å². The average molecular weight is 436 g/mol. The second kappa shape index (κ2) is 8.41. The van der Waals surface area contributed by atoms with Gasteiger partial charge >= 0.3 is 0 Å². The summed E-state index contributed by atoms with van der Waals surface area (Å²) < 4.78 is 1.05. The minimum absolute atomic E-state index is 0.698. The number of benzene rings is 1. The molecule has 0 atom stereocenters. The second-order valence-electron chi connectivity index (χ2n) is 5.33. The molecule has 0 saturated carbocycles. The fourth-order valence-corrected chi connectivity index (χ4v) is 3.25. The van der Waals surface area contributed by atoms with Gasteiger partial charge < -0.3 is 5.32 Å². The van der Waals surface area contributed by atoms with Crippen molar-refractivity contribution in [2.45, 2.75) is 26.7 Å². The van der Waals surface area contributed by atoms with Crippen molar-refractivity contribution in [3.05, 3.63) is 31.8 Å². The zero-order chi connectivity index (χ0) is 15.2. The molecule has 0 spiro atoms. The minimum Gasteiger partial charge on any atom is -0.316 e. The Morgan fingerprint density at radius 2 is 2.14 bits per heavy atom. The number of hydrogen-bond acceptors (Lipinski definition) is 4. The van der Waals surface area contributed by atoms with Crippen LogP contribution in [0.1, 0.15) is 25.3 Å². The van der Waals surface area contributed by atoms with Crippen molar-refractivity contribution in [1.29, 1.82) is 0 Å². The van der Waals surface area contributed by atoms with Gasteiger partial charge in [-0.15, -0.1) is 10.2 Å². The molecule has 2 rings (SSSR count). The molecule has 0 unspecified atom stereocenters. The van der Waals surface area contributed by atoms with Crippen LogP contribution >= 0.6 is 45.5 Å². The molecule has 0 amide bonds. The lowest BCUT2D eigenvalue weighted by atomic mass is 10.2. The van der Waals surface area contributed by atoms with Crippen molar-refractivity contribution in [3.63, 3.8) is 0 Å². The number of aromatic nitrogens is 2. The lowest BCUT2D eigenvalue weighted by Gasteiger charge is -2.05. The number of halogens is 2. The monoisotopic (exact) mass is 435 g/mol. The van der Waals surface area contributed by atoms with E-state index in [9.17, 15) is 0 Å². The van der Waals surface area contributed by atoms with Gasteiger partial charge in [0, 0.05) is 15.6 Å². The molecule has 0 aliphatic heterocycles. The topological polar surface area (TPSA) is 37.8 Å². The Morgan fingerprint density at radius 1 is 1.33 bits per heavy atom. The normalized spacial score (nSPS) is 11.3.